The number of hydrogen-bond acceptors (Lipinski definition) is 3. The Morgan fingerprint density at radius 2 is 1.71 bits per heavy atom. The molecule has 1 aromatic rings. The number of benzene rings is 1. The maximum Gasteiger partial charge on any atom is 0.223 e. The molecule has 1 amide bonds. The van der Waals surface area contributed by atoms with E-state index in [0.29, 0.717) is 24.8 Å². The van der Waals surface area contributed by atoms with Crippen LogP contribution >= 0.6 is 0 Å². The van der Waals surface area contributed by atoms with Crippen molar-refractivity contribution in [1.29, 1.82) is 0 Å². The van der Waals surface area contributed by atoms with Gasteiger partial charge in [-0.3, -0.25) is 4.79 Å². The van der Waals surface area contributed by atoms with Crippen LogP contribution in [0.4, 0.5) is 5.69 Å². The van der Waals surface area contributed by atoms with Crippen LogP contribution < -0.4 is 15.8 Å². The molecule has 1 saturated carbocycles. The normalized spacial score (nSPS) is 16.8. The average Bonchev–Trinajstić information content (AvgIpc) is 2.44. The van der Waals surface area contributed by atoms with Crippen LogP contribution in [0, 0.1) is 0 Å². The van der Waals surface area contributed by atoms with Crippen molar-refractivity contribution in [1.82, 2.24) is 5.32 Å². The van der Waals surface area contributed by atoms with E-state index in [9.17, 15) is 4.79 Å². The highest BCUT2D eigenvalue weighted by atomic mass is 16.5. The minimum Gasteiger partial charge on any atom is -0.493 e. The molecule has 0 unspecified atom stereocenters. The third-order valence-corrected chi connectivity index (χ3v) is 3.95. The van der Waals surface area contributed by atoms with E-state index >= 15 is 0 Å². The predicted molar refractivity (Wildman–Crippen MR) is 85.2 cm³/mol. The van der Waals surface area contributed by atoms with Crippen molar-refractivity contribution >= 4 is 11.6 Å². The summed E-state index contributed by atoms with van der Waals surface area (Å²) < 4.78 is 5.55. The first kappa shape index (κ1) is 15.7. The largest absolute Gasteiger partial charge is 0.493 e. The molecule has 3 N–H and O–H groups in total. The van der Waals surface area contributed by atoms with Crippen molar-refractivity contribution in [3.8, 4) is 5.75 Å². The van der Waals surface area contributed by atoms with Crippen LogP contribution in [0.1, 0.15) is 51.4 Å². The second-order valence-corrected chi connectivity index (χ2v) is 5.78. The second-order valence-electron chi connectivity index (χ2n) is 5.78. The first-order valence-electron chi connectivity index (χ1n) is 8.02. The molecule has 1 aliphatic rings. The van der Waals surface area contributed by atoms with Gasteiger partial charge in [-0.25, -0.2) is 0 Å². The summed E-state index contributed by atoms with van der Waals surface area (Å²) in [5.41, 5.74) is 6.32. The van der Waals surface area contributed by atoms with E-state index in [1.807, 2.05) is 12.1 Å². The summed E-state index contributed by atoms with van der Waals surface area (Å²) in [4.78, 5) is 11.9. The smallest absolute Gasteiger partial charge is 0.223 e. The minimum absolute atomic E-state index is 0.0935. The molecule has 2 rings (SSSR count). The number of nitrogens with one attached hydrogen (secondary N) is 1. The number of carbonyl (C=O) groups is 1. The molecule has 0 heterocycles. The molecule has 0 aliphatic heterocycles. The van der Waals surface area contributed by atoms with Crippen molar-refractivity contribution in [2.75, 3.05) is 12.3 Å². The number of hydrogen-bond donors (Lipinski definition) is 2. The summed E-state index contributed by atoms with van der Waals surface area (Å²) >= 11 is 0. The number of ether oxygens (including phenoxy) is 1. The fourth-order valence-electron chi connectivity index (χ4n) is 2.73. The number of amides is 1. The van der Waals surface area contributed by atoms with Gasteiger partial charge in [-0.15, -0.1) is 0 Å². The van der Waals surface area contributed by atoms with Crippen molar-refractivity contribution in [3.63, 3.8) is 0 Å². The van der Waals surface area contributed by atoms with Crippen LogP contribution in [0.5, 0.6) is 5.75 Å². The van der Waals surface area contributed by atoms with Gasteiger partial charge in [0.05, 0.1) is 13.0 Å². The van der Waals surface area contributed by atoms with Crippen molar-refractivity contribution in [3.05, 3.63) is 24.3 Å². The summed E-state index contributed by atoms with van der Waals surface area (Å²) in [7, 11) is 0. The molecule has 1 aliphatic carbocycles. The van der Waals surface area contributed by atoms with Crippen LogP contribution in [-0.2, 0) is 4.79 Å². The molecular formula is C17H26N2O2. The van der Waals surface area contributed by atoms with Gasteiger partial charge >= 0.3 is 0 Å². The second kappa shape index (κ2) is 8.55. The van der Waals surface area contributed by atoms with Gasteiger partial charge in [0.1, 0.15) is 5.75 Å². The minimum atomic E-state index is 0.0935. The summed E-state index contributed by atoms with van der Waals surface area (Å²) in [6.07, 6.45) is 9.03. The Balaban J connectivity index is 1.65. The van der Waals surface area contributed by atoms with E-state index in [4.69, 9.17) is 10.5 Å². The fraction of sp³-hybridized carbons (Fsp3) is 0.588. The molecule has 0 aromatic heterocycles. The van der Waals surface area contributed by atoms with E-state index < -0.39 is 0 Å². The highest BCUT2D eigenvalue weighted by molar-refractivity contribution is 5.76. The lowest BCUT2D eigenvalue weighted by Crippen LogP contribution is -2.35. The number of rotatable bonds is 5. The number of nitrogens with two attached hydrogens (primary N) is 1. The van der Waals surface area contributed by atoms with Gasteiger partial charge in [0.25, 0.3) is 0 Å². The van der Waals surface area contributed by atoms with Crippen LogP contribution in [-0.4, -0.2) is 18.6 Å². The lowest BCUT2D eigenvalue weighted by Gasteiger charge is -2.21. The van der Waals surface area contributed by atoms with E-state index in [1.54, 1.807) is 12.1 Å². The van der Waals surface area contributed by atoms with E-state index in [2.05, 4.69) is 5.32 Å². The van der Waals surface area contributed by atoms with Crippen LogP contribution in [0.15, 0.2) is 24.3 Å². The number of carbonyl (C=O) groups excluding carboxylic acids is 1. The van der Waals surface area contributed by atoms with Gasteiger partial charge in [0.2, 0.25) is 5.91 Å². The highest BCUT2D eigenvalue weighted by Gasteiger charge is 2.13. The lowest BCUT2D eigenvalue weighted by molar-refractivity contribution is -0.122. The average molecular weight is 290 g/mol. The quantitative estimate of drug-likeness (QED) is 0.818. The number of anilines is 1. The molecular weight excluding hydrogens is 264 g/mol. The standard InChI is InChI=1S/C17H26N2O2/c18-14-8-10-16(11-9-14)21-13-12-17(20)19-15-6-4-2-1-3-5-7-15/h8-11,15H,1-7,12-13,18H2,(H,19,20). The van der Waals surface area contributed by atoms with Gasteiger partial charge < -0.3 is 15.8 Å². The summed E-state index contributed by atoms with van der Waals surface area (Å²) in [6.45, 7) is 0.405. The maximum absolute atomic E-state index is 11.9. The van der Waals surface area contributed by atoms with Gasteiger partial charge in [0, 0.05) is 11.7 Å². The highest BCUT2D eigenvalue weighted by Crippen LogP contribution is 2.17. The van der Waals surface area contributed by atoms with Crippen LogP contribution in [0.2, 0.25) is 0 Å². The predicted octanol–water partition coefficient (Wildman–Crippen LogP) is 3.27. The van der Waals surface area contributed by atoms with Gasteiger partial charge in [0.15, 0.2) is 0 Å². The molecule has 4 heteroatoms. The monoisotopic (exact) mass is 290 g/mol. The van der Waals surface area contributed by atoms with E-state index in [0.717, 1.165) is 18.6 Å². The Bertz CT molecular complexity index is 423. The molecule has 116 valence electrons. The third kappa shape index (κ3) is 6.06. The topological polar surface area (TPSA) is 64.3 Å². The zero-order chi connectivity index (χ0) is 14.9. The molecule has 1 aromatic carbocycles. The van der Waals surface area contributed by atoms with E-state index in [-0.39, 0.29) is 5.91 Å². The Kier molecular flexibility index (Phi) is 6.38. The Labute approximate surface area is 127 Å². The zero-order valence-electron chi connectivity index (χ0n) is 12.6. The van der Waals surface area contributed by atoms with Gasteiger partial charge in [-0.2, -0.15) is 0 Å². The molecule has 0 atom stereocenters. The Hall–Kier alpha value is -1.71. The van der Waals surface area contributed by atoms with Crippen LogP contribution in [0.3, 0.4) is 0 Å². The molecule has 4 nitrogen and oxygen atoms in total. The van der Waals surface area contributed by atoms with Crippen molar-refractivity contribution in [2.45, 2.75) is 57.4 Å². The van der Waals surface area contributed by atoms with E-state index in [1.165, 1.54) is 32.1 Å². The Morgan fingerprint density at radius 1 is 1.10 bits per heavy atom. The zero-order valence-corrected chi connectivity index (χ0v) is 12.6. The molecule has 0 radical (unpaired) electrons. The van der Waals surface area contributed by atoms with Crippen LogP contribution in [0.25, 0.3) is 0 Å². The summed E-state index contributed by atoms with van der Waals surface area (Å²) in [6, 6.07) is 7.59. The fourth-order valence-corrected chi connectivity index (χ4v) is 2.73. The molecule has 1 fully saturated rings. The summed E-state index contributed by atoms with van der Waals surface area (Å²) in [5.74, 6) is 0.846. The summed E-state index contributed by atoms with van der Waals surface area (Å²) in [5, 5.41) is 3.14. The first-order chi connectivity index (χ1) is 10.2. The SMILES string of the molecule is Nc1ccc(OCCC(=O)NC2CCCCCCC2)cc1. The third-order valence-electron chi connectivity index (χ3n) is 3.95. The van der Waals surface area contributed by atoms with Gasteiger partial charge in [-0.1, -0.05) is 32.1 Å². The Morgan fingerprint density at radius 3 is 2.38 bits per heavy atom. The van der Waals surface area contributed by atoms with Gasteiger partial charge in [-0.05, 0) is 37.1 Å². The molecule has 21 heavy (non-hydrogen) atoms. The van der Waals surface area contributed by atoms with Crippen molar-refractivity contribution < 1.29 is 9.53 Å². The molecule has 0 bridgehead atoms. The molecule has 0 saturated heterocycles. The molecule has 0 spiro atoms. The lowest BCUT2D eigenvalue weighted by atomic mass is 9.96. The van der Waals surface area contributed by atoms with Crippen molar-refractivity contribution in [2.24, 2.45) is 0 Å². The number of nitrogen functional groups attached to an aromatic ring is 1. The first-order valence-corrected chi connectivity index (χ1v) is 8.02. The maximum atomic E-state index is 11.9.